The number of rotatable bonds is 5. The SMILES string of the molecule is Cc1cc([C@H]2CC[C@H](NC(=O)c3nnc4ccccc4c3Cl)[C@H](NC(=O)c3nc4c(s3)CN(C)CC4)C2)[nH]n1. The molecule has 0 unspecified atom stereocenters. The molecule has 0 saturated heterocycles. The first-order valence-corrected chi connectivity index (χ1v) is 14.3. The number of hydrogen-bond donors (Lipinski definition) is 3. The molecule has 3 aromatic heterocycles. The van der Waals surface area contributed by atoms with Crippen LogP contribution in [0.25, 0.3) is 10.9 Å². The van der Waals surface area contributed by atoms with E-state index in [0.717, 1.165) is 47.9 Å². The molecule has 2 aliphatic rings. The van der Waals surface area contributed by atoms with Gasteiger partial charge in [-0.3, -0.25) is 14.7 Å². The summed E-state index contributed by atoms with van der Waals surface area (Å²) < 4.78 is 0. The van der Waals surface area contributed by atoms with Crippen LogP contribution in [0.5, 0.6) is 0 Å². The zero-order valence-corrected chi connectivity index (χ0v) is 23.3. The maximum Gasteiger partial charge on any atom is 0.280 e. The van der Waals surface area contributed by atoms with Crippen molar-refractivity contribution in [2.24, 2.45) is 0 Å². The molecule has 0 radical (unpaired) electrons. The highest BCUT2D eigenvalue weighted by atomic mass is 35.5. The second kappa shape index (κ2) is 10.6. The summed E-state index contributed by atoms with van der Waals surface area (Å²) in [6, 6.07) is 8.71. The predicted molar refractivity (Wildman–Crippen MR) is 149 cm³/mol. The van der Waals surface area contributed by atoms with Crippen LogP contribution in [-0.2, 0) is 13.0 Å². The summed E-state index contributed by atoms with van der Waals surface area (Å²) in [5, 5.41) is 23.4. The molecule has 1 saturated carbocycles. The third kappa shape index (κ3) is 5.26. The van der Waals surface area contributed by atoms with Crippen molar-refractivity contribution in [2.45, 2.75) is 57.2 Å². The molecule has 4 heterocycles. The van der Waals surface area contributed by atoms with Crippen LogP contribution < -0.4 is 10.6 Å². The number of carbonyl (C=O) groups excluding carboxylic acids is 2. The fourth-order valence-corrected chi connectivity index (χ4v) is 6.87. The second-order valence-electron chi connectivity index (χ2n) is 10.4. The van der Waals surface area contributed by atoms with Crippen molar-refractivity contribution in [3.63, 3.8) is 0 Å². The van der Waals surface area contributed by atoms with Crippen molar-refractivity contribution in [1.82, 2.24) is 40.9 Å². The lowest BCUT2D eigenvalue weighted by atomic mass is 9.80. The normalized spacial score (nSPS) is 21.5. The van der Waals surface area contributed by atoms with E-state index in [2.05, 4.69) is 48.0 Å². The van der Waals surface area contributed by atoms with E-state index in [1.807, 2.05) is 31.2 Å². The first-order chi connectivity index (χ1) is 18.9. The molecule has 3 atom stereocenters. The number of aromatic amines is 1. The van der Waals surface area contributed by atoms with E-state index in [0.29, 0.717) is 28.8 Å². The van der Waals surface area contributed by atoms with Crippen molar-refractivity contribution in [1.29, 1.82) is 0 Å². The van der Waals surface area contributed by atoms with Gasteiger partial charge in [0, 0.05) is 47.4 Å². The molecule has 202 valence electrons. The second-order valence-corrected chi connectivity index (χ2v) is 11.9. The van der Waals surface area contributed by atoms with Gasteiger partial charge in [0.2, 0.25) is 0 Å². The molecular formula is C27H29ClN8O2S. The molecule has 1 aliphatic carbocycles. The van der Waals surface area contributed by atoms with Gasteiger partial charge in [0.15, 0.2) is 10.7 Å². The Morgan fingerprint density at radius 3 is 2.77 bits per heavy atom. The third-order valence-corrected chi connectivity index (χ3v) is 9.05. The number of H-pyrrole nitrogens is 1. The minimum Gasteiger partial charge on any atom is -0.346 e. The van der Waals surface area contributed by atoms with E-state index in [9.17, 15) is 9.59 Å². The first kappa shape index (κ1) is 25.8. The minimum atomic E-state index is -0.411. The number of aromatic nitrogens is 5. The Labute approximate surface area is 234 Å². The van der Waals surface area contributed by atoms with Gasteiger partial charge in [-0.1, -0.05) is 29.8 Å². The Morgan fingerprint density at radius 1 is 1.13 bits per heavy atom. The van der Waals surface area contributed by atoms with Gasteiger partial charge in [-0.05, 0) is 45.4 Å². The predicted octanol–water partition coefficient (Wildman–Crippen LogP) is 3.62. The van der Waals surface area contributed by atoms with Crippen LogP contribution in [0.3, 0.4) is 0 Å². The lowest BCUT2D eigenvalue weighted by molar-refractivity contribution is 0.0853. The van der Waals surface area contributed by atoms with E-state index >= 15 is 0 Å². The maximum atomic E-state index is 13.4. The highest BCUT2D eigenvalue weighted by molar-refractivity contribution is 7.13. The number of halogens is 1. The fraction of sp³-hybridized carbons (Fsp3) is 0.407. The van der Waals surface area contributed by atoms with Crippen LogP contribution in [0.15, 0.2) is 30.3 Å². The highest BCUT2D eigenvalue weighted by Gasteiger charge is 2.35. The van der Waals surface area contributed by atoms with E-state index in [-0.39, 0.29) is 34.6 Å². The maximum absolute atomic E-state index is 13.4. The lowest BCUT2D eigenvalue weighted by Crippen LogP contribution is -2.54. The number of hydrogen-bond acceptors (Lipinski definition) is 8. The van der Waals surface area contributed by atoms with Crippen molar-refractivity contribution < 1.29 is 9.59 Å². The molecule has 4 aromatic rings. The van der Waals surface area contributed by atoms with Gasteiger partial charge in [-0.15, -0.1) is 21.5 Å². The molecule has 1 aliphatic heterocycles. The first-order valence-electron chi connectivity index (χ1n) is 13.1. The summed E-state index contributed by atoms with van der Waals surface area (Å²) in [7, 11) is 2.07. The average molecular weight is 565 g/mol. The van der Waals surface area contributed by atoms with Crippen LogP contribution in [0.4, 0.5) is 0 Å². The van der Waals surface area contributed by atoms with Crippen LogP contribution in [0.1, 0.15) is 67.4 Å². The summed E-state index contributed by atoms with van der Waals surface area (Å²) in [6.07, 6.45) is 2.97. The van der Waals surface area contributed by atoms with Crippen LogP contribution in [0, 0.1) is 6.92 Å². The Kier molecular flexibility index (Phi) is 7.05. The number of nitrogens with one attached hydrogen (secondary N) is 3. The number of carbonyl (C=O) groups is 2. The molecule has 39 heavy (non-hydrogen) atoms. The number of nitrogens with zero attached hydrogens (tertiary/aromatic N) is 5. The van der Waals surface area contributed by atoms with E-state index in [1.165, 1.54) is 11.3 Å². The summed E-state index contributed by atoms with van der Waals surface area (Å²) in [5.74, 6) is -0.454. The molecule has 0 spiro atoms. The zero-order valence-electron chi connectivity index (χ0n) is 21.7. The minimum absolute atomic E-state index is 0.0727. The van der Waals surface area contributed by atoms with Gasteiger partial charge < -0.3 is 15.5 Å². The highest BCUT2D eigenvalue weighted by Crippen LogP contribution is 2.34. The van der Waals surface area contributed by atoms with Crippen LogP contribution in [-0.4, -0.2) is 67.8 Å². The molecule has 2 amide bonds. The van der Waals surface area contributed by atoms with E-state index in [1.54, 1.807) is 6.07 Å². The zero-order chi connectivity index (χ0) is 27.1. The largest absolute Gasteiger partial charge is 0.346 e. The van der Waals surface area contributed by atoms with Crippen molar-refractivity contribution in [2.75, 3.05) is 13.6 Å². The molecule has 6 rings (SSSR count). The molecule has 12 heteroatoms. The Balaban J connectivity index is 1.23. The number of amides is 2. The van der Waals surface area contributed by atoms with Crippen LogP contribution >= 0.6 is 22.9 Å². The number of benzene rings is 1. The summed E-state index contributed by atoms with van der Waals surface area (Å²) in [6.45, 7) is 3.68. The summed E-state index contributed by atoms with van der Waals surface area (Å²) >= 11 is 8.01. The van der Waals surface area contributed by atoms with E-state index in [4.69, 9.17) is 11.6 Å². The molecule has 1 aromatic carbocycles. The summed E-state index contributed by atoms with van der Waals surface area (Å²) in [5.41, 5.74) is 3.66. The van der Waals surface area contributed by atoms with Gasteiger partial charge in [-0.25, -0.2) is 4.98 Å². The topological polar surface area (TPSA) is 129 Å². The van der Waals surface area contributed by atoms with Crippen molar-refractivity contribution in [3.8, 4) is 0 Å². The Hall–Kier alpha value is -3.41. The molecule has 0 bridgehead atoms. The quantitative estimate of drug-likeness (QED) is 0.337. The van der Waals surface area contributed by atoms with Gasteiger partial charge in [0.05, 0.1) is 28.0 Å². The fourth-order valence-electron chi connectivity index (χ4n) is 5.49. The van der Waals surface area contributed by atoms with Gasteiger partial charge in [0.25, 0.3) is 11.8 Å². The Morgan fingerprint density at radius 2 is 1.95 bits per heavy atom. The van der Waals surface area contributed by atoms with Crippen LogP contribution in [0.2, 0.25) is 5.02 Å². The van der Waals surface area contributed by atoms with Crippen molar-refractivity contribution in [3.05, 3.63) is 68.0 Å². The third-order valence-electron chi connectivity index (χ3n) is 7.59. The molecule has 3 N–H and O–H groups in total. The van der Waals surface area contributed by atoms with E-state index < -0.39 is 5.91 Å². The number of fused-ring (bicyclic) bond motifs is 2. The van der Waals surface area contributed by atoms with Gasteiger partial charge in [0.1, 0.15) is 0 Å². The monoisotopic (exact) mass is 564 g/mol. The molecular weight excluding hydrogens is 536 g/mol. The van der Waals surface area contributed by atoms with Gasteiger partial charge >= 0.3 is 0 Å². The smallest absolute Gasteiger partial charge is 0.280 e. The average Bonchev–Trinajstić information content (AvgIpc) is 3.56. The van der Waals surface area contributed by atoms with Gasteiger partial charge in [-0.2, -0.15) is 5.10 Å². The summed E-state index contributed by atoms with van der Waals surface area (Å²) in [4.78, 5) is 34.8. The Bertz CT molecular complexity index is 1550. The lowest BCUT2D eigenvalue weighted by Gasteiger charge is -2.36. The molecule has 10 nitrogen and oxygen atoms in total. The standard InChI is InChI=1S/C27H29ClN8O2S/c1-14-11-20(34-32-14)15-7-8-18(29-25(37)24-23(28)16-5-3-4-6-17(16)33-35-24)21(12-15)30-26(38)27-31-19-9-10-36(2)13-22(19)39-27/h3-6,11,15,18,21H,7-10,12-13H2,1-2H3,(H,29,37)(H,30,38)(H,32,34)/t15-,18-,21+/m0/s1. The van der Waals surface area contributed by atoms with Crippen molar-refractivity contribution >= 4 is 45.7 Å². The number of aryl methyl sites for hydroxylation is 1. The number of thiazole rings is 1. The number of likely N-dealkylation sites (N-methyl/N-ethyl adjacent to an activating group) is 1. The molecule has 1 fully saturated rings.